The lowest BCUT2D eigenvalue weighted by molar-refractivity contribution is -0.350. The van der Waals surface area contributed by atoms with Gasteiger partial charge in [-0.1, -0.05) is 17.7 Å². The number of hydrogen-bond donors (Lipinski definition) is 1. The van der Waals surface area contributed by atoms with Crippen molar-refractivity contribution in [2.45, 2.75) is 49.9 Å². The molecule has 1 saturated carbocycles. The molecule has 1 heterocycles. The zero-order valence-corrected chi connectivity index (χ0v) is 23.4. The van der Waals surface area contributed by atoms with Gasteiger partial charge in [0.15, 0.2) is 17.3 Å². The number of aliphatic imine (C=N–C) groups is 1. The molecule has 1 aliphatic rings. The number of carbonyl (C=O) groups is 1. The van der Waals surface area contributed by atoms with Crippen molar-refractivity contribution in [1.29, 1.82) is 5.26 Å². The van der Waals surface area contributed by atoms with Crippen LogP contribution in [0.3, 0.4) is 0 Å². The summed E-state index contributed by atoms with van der Waals surface area (Å²) in [5.74, 6) is -3.80. The van der Waals surface area contributed by atoms with Crippen LogP contribution >= 0.6 is 11.6 Å². The maximum Gasteiger partial charge on any atom is 0.437 e. The predicted octanol–water partition coefficient (Wildman–Crippen LogP) is 6.16. The minimum Gasteiger partial charge on any atom is -0.429 e. The second kappa shape index (κ2) is 12.6. The van der Waals surface area contributed by atoms with Gasteiger partial charge in [0.25, 0.3) is 5.91 Å². The largest absolute Gasteiger partial charge is 0.437 e. The third-order valence-electron chi connectivity index (χ3n) is 6.44. The van der Waals surface area contributed by atoms with Crippen molar-refractivity contribution in [3.05, 3.63) is 46.2 Å². The minimum absolute atomic E-state index is 0.0614. The van der Waals surface area contributed by atoms with E-state index in [-0.39, 0.29) is 39.7 Å². The SMILES string of the molecule is CCOCN(C(=O)c1cc(C(C=Nc2c(OC(F)F)c(C(F)(C(F)(F)F)C(F)(F)F)nn2C)=CN)ccc1Cl)C1(C#N)CC1. The lowest BCUT2D eigenvalue weighted by atomic mass is 9.99. The predicted molar refractivity (Wildman–Crippen MR) is 137 cm³/mol. The van der Waals surface area contributed by atoms with Crippen LogP contribution in [0.5, 0.6) is 5.75 Å². The molecule has 2 N–H and O–H groups in total. The summed E-state index contributed by atoms with van der Waals surface area (Å²) in [5.41, 5.74) is -4.49. The van der Waals surface area contributed by atoms with E-state index in [0.717, 1.165) is 6.20 Å². The van der Waals surface area contributed by atoms with Gasteiger partial charge in [0.2, 0.25) is 0 Å². The number of nitrogens with two attached hydrogens (primary N) is 1. The number of benzene rings is 1. The Morgan fingerprint density at radius 3 is 2.34 bits per heavy atom. The van der Waals surface area contributed by atoms with Crippen molar-refractivity contribution in [3.8, 4) is 11.8 Å². The van der Waals surface area contributed by atoms with Gasteiger partial charge in [-0.2, -0.15) is 45.5 Å². The van der Waals surface area contributed by atoms with Crippen LogP contribution in [-0.2, 0) is 17.5 Å². The molecule has 44 heavy (non-hydrogen) atoms. The number of amides is 1. The van der Waals surface area contributed by atoms with Crippen LogP contribution in [0.4, 0.5) is 45.3 Å². The van der Waals surface area contributed by atoms with Gasteiger partial charge >= 0.3 is 24.6 Å². The molecule has 0 bridgehead atoms. The molecule has 1 fully saturated rings. The Morgan fingerprint density at radius 1 is 1.25 bits per heavy atom. The van der Waals surface area contributed by atoms with Gasteiger partial charge in [-0.05, 0) is 37.5 Å². The topological polar surface area (TPSA) is 119 Å². The molecule has 3 rings (SSSR count). The summed E-state index contributed by atoms with van der Waals surface area (Å²) in [4.78, 5) is 18.2. The molecule has 1 amide bonds. The van der Waals surface area contributed by atoms with Crippen LogP contribution < -0.4 is 10.5 Å². The fourth-order valence-corrected chi connectivity index (χ4v) is 4.17. The van der Waals surface area contributed by atoms with Crippen LogP contribution in [0.1, 0.15) is 41.4 Å². The number of allylic oxidation sites excluding steroid dienone is 1. The smallest absolute Gasteiger partial charge is 0.429 e. The van der Waals surface area contributed by atoms with E-state index < -0.39 is 53.3 Å². The molecule has 9 nitrogen and oxygen atoms in total. The van der Waals surface area contributed by atoms with Crippen LogP contribution in [0.15, 0.2) is 29.4 Å². The summed E-state index contributed by atoms with van der Waals surface area (Å²) in [6, 6.07) is 5.82. The molecule has 1 aromatic carbocycles. The van der Waals surface area contributed by atoms with Gasteiger partial charge in [0.05, 0.1) is 16.7 Å². The molecule has 0 unspecified atom stereocenters. The number of hydrogen-bond acceptors (Lipinski definition) is 7. The average Bonchev–Trinajstić information content (AvgIpc) is 3.66. The first-order valence-corrected chi connectivity index (χ1v) is 12.7. The number of rotatable bonds is 11. The Morgan fingerprint density at radius 2 is 1.86 bits per heavy atom. The van der Waals surface area contributed by atoms with E-state index in [2.05, 4.69) is 20.9 Å². The number of carbonyl (C=O) groups excluding carboxylic acids is 1. The Hall–Kier alpha value is -3.98. The van der Waals surface area contributed by atoms with E-state index in [1.165, 1.54) is 23.1 Å². The fourth-order valence-electron chi connectivity index (χ4n) is 3.97. The Kier molecular flexibility index (Phi) is 9.85. The summed E-state index contributed by atoms with van der Waals surface area (Å²) < 4.78 is 131. The van der Waals surface area contributed by atoms with E-state index >= 15 is 0 Å². The molecule has 0 radical (unpaired) electrons. The highest BCUT2D eigenvalue weighted by Crippen LogP contribution is 2.56. The molecule has 0 spiro atoms. The lowest BCUT2D eigenvalue weighted by Crippen LogP contribution is -2.51. The quantitative estimate of drug-likeness (QED) is 0.175. The second-order valence-electron chi connectivity index (χ2n) is 9.23. The number of halogens is 10. The number of nitrogens with zero attached hydrogens (tertiary/aromatic N) is 5. The fraction of sp³-hybridized carbons (Fsp3) is 0.440. The number of ether oxygens (including phenoxy) is 2. The van der Waals surface area contributed by atoms with Gasteiger partial charge in [-0.25, -0.2) is 14.1 Å². The molecule has 240 valence electrons. The second-order valence-corrected chi connectivity index (χ2v) is 9.64. The molecule has 2 aromatic rings. The Labute approximate surface area is 248 Å². The van der Waals surface area contributed by atoms with E-state index in [4.69, 9.17) is 22.1 Å². The molecule has 19 heteroatoms. The molecule has 0 saturated heterocycles. The van der Waals surface area contributed by atoms with E-state index in [0.29, 0.717) is 26.1 Å². The highest BCUT2D eigenvalue weighted by atomic mass is 35.5. The van der Waals surface area contributed by atoms with Crippen LogP contribution in [-0.4, -0.2) is 64.6 Å². The van der Waals surface area contributed by atoms with Crippen LogP contribution in [0.25, 0.3) is 5.57 Å². The van der Waals surface area contributed by atoms with Crippen molar-refractivity contribution in [3.63, 3.8) is 0 Å². The maximum absolute atomic E-state index is 14.8. The summed E-state index contributed by atoms with van der Waals surface area (Å²) in [5, 5.41) is 12.4. The summed E-state index contributed by atoms with van der Waals surface area (Å²) in [7, 11) is 0.711. The van der Waals surface area contributed by atoms with Crippen molar-refractivity contribution >= 4 is 35.1 Å². The van der Waals surface area contributed by atoms with Crippen molar-refractivity contribution in [2.75, 3.05) is 13.3 Å². The normalized spacial score (nSPS) is 15.5. The monoisotopic (exact) mass is 660 g/mol. The molecule has 1 aliphatic carbocycles. The van der Waals surface area contributed by atoms with E-state index in [9.17, 15) is 49.6 Å². The van der Waals surface area contributed by atoms with Crippen molar-refractivity contribution in [1.82, 2.24) is 14.7 Å². The maximum atomic E-state index is 14.8. The zero-order valence-electron chi connectivity index (χ0n) is 22.6. The van der Waals surface area contributed by atoms with E-state index in [1.54, 1.807) is 6.92 Å². The van der Waals surface area contributed by atoms with Crippen LogP contribution in [0, 0.1) is 11.3 Å². The number of aryl methyl sites for hydroxylation is 1. The van der Waals surface area contributed by atoms with E-state index in [1.807, 2.05) is 0 Å². The third kappa shape index (κ3) is 6.43. The Balaban J connectivity index is 2.09. The summed E-state index contributed by atoms with van der Waals surface area (Å²) in [6.45, 7) is -2.36. The van der Waals surface area contributed by atoms with Gasteiger partial charge < -0.3 is 15.2 Å². The molecular weight excluding hydrogens is 639 g/mol. The molecule has 0 atom stereocenters. The zero-order chi connectivity index (χ0) is 33.3. The lowest BCUT2D eigenvalue weighted by Gasteiger charge is -2.28. The molecule has 0 aliphatic heterocycles. The van der Waals surface area contributed by atoms with Gasteiger partial charge in [0, 0.05) is 31.6 Å². The highest BCUT2D eigenvalue weighted by Gasteiger charge is 2.76. The Bertz CT molecular complexity index is 1480. The third-order valence-corrected chi connectivity index (χ3v) is 6.77. The summed E-state index contributed by atoms with van der Waals surface area (Å²) in [6.07, 6.45) is -11.1. The molecular formula is C25H22ClF9N6O3. The van der Waals surface area contributed by atoms with Gasteiger partial charge in [-0.15, -0.1) is 0 Å². The minimum atomic E-state index is -6.68. The van der Waals surface area contributed by atoms with Crippen molar-refractivity contribution in [2.24, 2.45) is 17.8 Å². The van der Waals surface area contributed by atoms with Crippen molar-refractivity contribution < 1.29 is 53.8 Å². The van der Waals surface area contributed by atoms with Gasteiger partial charge in [-0.3, -0.25) is 9.69 Å². The first-order chi connectivity index (χ1) is 20.4. The summed E-state index contributed by atoms with van der Waals surface area (Å²) >= 11 is 6.24. The number of nitriles is 1. The first kappa shape index (κ1) is 34.5. The van der Waals surface area contributed by atoms with Gasteiger partial charge in [0.1, 0.15) is 12.3 Å². The first-order valence-electron chi connectivity index (χ1n) is 12.3. The number of aromatic nitrogens is 2. The molecule has 1 aromatic heterocycles. The average molecular weight is 661 g/mol. The van der Waals surface area contributed by atoms with Crippen LogP contribution in [0.2, 0.25) is 5.02 Å². The number of alkyl halides is 9. The highest BCUT2D eigenvalue weighted by molar-refractivity contribution is 6.34. The standard InChI is InChI=1S/C25H22ClF9N6O3/c1-3-43-12-41(22(11-37)6-7-22)20(42)15-8-13(4-5-16(15)26)14(9-36)10-38-19-17(44-21(27)28)18(39-40(19)2)23(29,24(30,31)32)25(33,34)35/h4-5,8-10,21H,3,6-7,12,36H2,1-2H3.